The SMILES string of the molecule is C=CCN(C(=O)[C@H]1[C@H]2C(=O)N([C@@H](CO)CC(C)C)C(C(=O)N(CC=C)c3ccccc3Cl)C23CC[C@]1(C)S3)c1ccc(OCC)cc1. The Morgan fingerprint density at radius 1 is 1.09 bits per heavy atom. The summed E-state index contributed by atoms with van der Waals surface area (Å²) in [5.74, 6) is -1.28. The van der Waals surface area contributed by atoms with Crippen molar-refractivity contribution in [1.29, 1.82) is 0 Å². The molecule has 8 nitrogen and oxygen atoms in total. The number of aliphatic hydroxyl groups excluding tert-OH is 1. The number of carbonyl (C=O) groups excluding carboxylic acids is 3. The highest BCUT2D eigenvalue weighted by Gasteiger charge is 2.78. The maximum Gasteiger partial charge on any atom is 0.251 e. The number of anilines is 2. The van der Waals surface area contributed by atoms with Gasteiger partial charge in [-0.2, -0.15) is 0 Å². The third-order valence-electron chi connectivity index (χ3n) is 9.82. The van der Waals surface area contributed by atoms with Crippen LogP contribution in [0.4, 0.5) is 11.4 Å². The van der Waals surface area contributed by atoms with Crippen molar-refractivity contribution in [3.05, 3.63) is 78.9 Å². The van der Waals surface area contributed by atoms with Gasteiger partial charge < -0.3 is 24.5 Å². The number of likely N-dealkylation sites (tertiary alicyclic amines) is 1. The first-order valence-corrected chi connectivity index (χ1v) is 17.6. The van der Waals surface area contributed by atoms with Crippen molar-refractivity contribution in [2.24, 2.45) is 17.8 Å². The summed E-state index contributed by atoms with van der Waals surface area (Å²) in [6.45, 7) is 16.5. The predicted octanol–water partition coefficient (Wildman–Crippen LogP) is 6.37. The van der Waals surface area contributed by atoms with Crippen LogP contribution in [-0.2, 0) is 14.4 Å². The molecule has 0 radical (unpaired) electrons. The molecule has 3 fully saturated rings. The Bertz CT molecular complexity index is 1520. The molecule has 3 aliphatic heterocycles. The van der Waals surface area contributed by atoms with Crippen LogP contribution in [0.3, 0.4) is 0 Å². The number of ether oxygens (including phenoxy) is 1. The van der Waals surface area contributed by atoms with E-state index in [2.05, 4.69) is 20.1 Å². The zero-order valence-corrected chi connectivity index (χ0v) is 29.3. The van der Waals surface area contributed by atoms with Gasteiger partial charge in [0, 0.05) is 23.5 Å². The Kier molecular flexibility index (Phi) is 10.5. The lowest BCUT2D eigenvalue weighted by Gasteiger charge is -2.40. The molecular formula is C37H46ClN3O5S. The minimum Gasteiger partial charge on any atom is -0.494 e. The molecule has 0 aliphatic carbocycles. The van der Waals surface area contributed by atoms with Gasteiger partial charge in [0.2, 0.25) is 11.8 Å². The fourth-order valence-corrected chi connectivity index (χ4v) is 10.6. The largest absolute Gasteiger partial charge is 0.494 e. The molecule has 1 spiro atoms. The van der Waals surface area contributed by atoms with E-state index in [9.17, 15) is 14.7 Å². The fourth-order valence-electron chi connectivity index (χ4n) is 8.00. The molecule has 2 bridgehead atoms. The first kappa shape index (κ1) is 35.0. The monoisotopic (exact) mass is 679 g/mol. The third kappa shape index (κ3) is 6.11. The Morgan fingerprint density at radius 3 is 2.34 bits per heavy atom. The third-order valence-corrected chi connectivity index (χ3v) is 12.1. The van der Waals surface area contributed by atoms with Crippen LogP contribution < -0.4 is 14.5 Å². The number of amides is 3. The van der Waals surface area contributed by atoms with E-state index < -0.39 is 33.4 Å². The summed E-state index contributed by atoms with van der Waals surface area (Å²) in [5, 5.41) is 11.1. The van der Waals surface area contributed by atoms with Gasteiger partial charge in [-0.15, -0.1) is 24.9 Å². The number of aliphatic hydroxyl groups is 1. The number of thioether (sulfide) groups is 1. The molecule has 2 aromatic carbocycles. The minimum atomic E-state index is -0.907. The molecular weight excluding hydrogens is 634 g/mol. The van der Waals surface area contributed by atoms with E-state index in [-0.39, 0.29) is 43.3 Å². The molecule has 2 unspecified atom stereocenters. The molecule has 2 aromatic rings. The maximum atomic E-state index is 15.0. The molecule has 1 N–H and O–H groups in total. The normalized spacial score (nSPS) is 26.7. The summed E-state index contributed by atoms with van der Waals surface area (Å²) in [5.41, 5.74) is 1.21. The van der Waals surface area contributed by atoms with Gasteiger partial charge in [0.15, 0.2) is 0 Å². The second kappa shape index (κ2) is 14.1. The first-order chi connectivity index (χ1) is 22.5. The van der Waals surface area contributed by atoms with Crippen LogP contribution in [0, 0.1) is 17.8 Å². The van der Waals surface area contributed by atoms with Crippen LogP contribution in [0.25, 0.3) is 0 Å². The van der Waals surface area contributed by atoms with Gasteiger partial charge in [0.05, 0.1) is 46.5 Å². The van der Waals surface area contributed by atoms with Crippen molar-refractivity contribution >= 4 is 52.5 Å². The van der Waals surface area contributed by atoms with E-state index in [4.69, 9.17) is 16.3 Å². The molecule has 252 valence electrons. The van der Waals surface area contributed by atoms with Gasteiger partial charge in [-0.05, 0) is 75.4 Å². The number of nitrogens with zero attached hydrogens (tertiary/aromatic N) is 3. The molecule has 47 heavy (non-hydrogen) atoms. The topological polar surface area (TPSA) is 90.4 Å². The average Bonchev–Trinajstić information content (AvgIpc) is 3.62. The van der Waals surface area contributed by atoms with Crippen LogP contribution in [0.5, 0.6) is 5.75 Å². The summed E-state index contributed by atoms with van der Waals surface area (Å²) < 4.78 is 4.18. The summed E-state index contributed by atoms with van der Waals surface area (Å²) in [6.07, 6.45) is 5.10. The molecule has 5 rings (SSSR count). The number of carbonyl (C=O) groups is 3. The lowest BCUT2D eigenvalue weighted by molar-refractivity contribution is -0.142. The molecule has 3 heterocycles. The molecule has 3 amide bonds. The molecule has 3 saturated heterocycles. The zero-order valence-electron chi connectivity index (χ0n) is 27.7. The van der Waals surface area contributed by atoms with Crippen LogP contribution >= 0.6 is 23.4 Å². The van der Waals surface area contributed by atoms with E-state index >= 15 is 4.79 Å². The summed E-state index contributed by atoms with van der Waals surface area (Å²) in [7, 11) is 0. The number of hydrogen-bond acceptors (Lipinski definition) is 6. The molecule has 0 aromatic heterocycles. The number of fused-ring (bicyclic) bond motifs is 1. The van der Waals surface area contributed by atoms with Gasteiger partial charge in [-0.3, -0.25) is 14.4 Å². The Hall–Kier alpha value is -3.27. The second-order valence-corrected chi connectivity index (χ2v) is 15.6. The van der Waals surface area contributed by atoms with Crippen molar-refractivity contribution in [3.63, 3.8) is 0 Å². The van der Waals surface area contributed by atoms with Gasteiger partial charge in [0.1, 0.15) is 11.8 Å². The molecule has 3 aliphatic rings. The number of halogens is 1. The van der Waals surface area contributed by atoms with Gasteiger partial charge in [-0.1, -0.05) is 49.7 Å². The van der Waals surface area contributed by atoms with E-state index in [0.29, 0.717) is 48.0 Å². The van der Waals surface area contributed by atoms with E-state index in [1.807, 2.05) is 51.1 Å². The van der Waals surface area contributed by atoms with E-state index in [1.165, 1.54) is 0 Å². The Morgan fingerprint density at radius 2 is 1.74 bits per heavy atom. The van der Waals surface area contributed by atoms with E-state index in [1.54, 1.807) is 56.8 Å². The standard InChI is InChI=1S/C37H46ClN3O5S/c1-7-20-39(25-14-16-27(17-15-25)46-9-3)33(43)30-31-34(44)41(26(23-42)22-24(4)5)32(37(31)19-18-36(30,6)47-37)35(45)40(21-8-2)29-13-11-10-12-28(29)38/h7-8,10-17,24,26,30-32,42H,1-2,9,18-23H2,3-6H3/t26-,30-,31+,32?,36+,37?/m1/s1. The average molecular weight is 680 g/mol. The van der Waals surface area contributed by atoms with Gasteiger partial charge in [-0.25, -0.2) is 0 Å². The van der Waals surface area contributed by atoms with Crippen LogP contribution in [0.15, 0.2) is 73.8 Å². The van der Waals surface area contributed by atoms with Gasteiger partial charge in [0.25, 0.3) is 5.91 Å². The fraction of sp³-hybridized carbons (Fsp3) is 0.486. The number of hydrogen-bond donors (Lipinski definition) is 1. The Balaban J connectivity index is 1.62. The van der Waals surface area contributed by atoms with Crippen LogP contribution in [-0.4, -0.2) is 75.6 Å². The summed E-state index contributed by atoms with van der Waals surface area (Å²) in [6, 6.07) is 13.0. The van der Waals surface area contributed by atoms with Crippen molar-refractivity contribution in [3.8, 4) is 5.75 Å². The predicted molar refractivity (Wildman–Crippen MR) is 190 cm³/mol. The Labute approximate surface area is 287 Å². The van der Waals surface area contributed by atoms with Crippen LogP contribution in [0.2, 0.25) is 5.02 Å². The molecule has 0 saturated carbocycles. The highest BCUT2D eigenvalue weighted by atomic mass is 35.5. The summed E-state index contributed by atoms with van der Waals surface area (Å²) in [4.78, 5) is 49.7. The van der Waals surface area contributed by atoms with Crippen molar-refractivity contribution in [2.75, 3.05) is 36.1 Å². The van der Waals surface area contributed by atoms with Crippen molar-refractivity contribution in [2.45, 2.75) is 68.5 Å². The summed E-state index contributed by atoms with van der Waals surface area (Å²) >= 11 is 8.24. The number of rotatable bonds is 14. The number of benzene rings is 2. The quantitative estimate of drug-likeness (QED) is 0.234. The first-order valence-electron chi connectivity index (χ1n) is 16.4. The molecule has 6 atom stereocenters. The zero-order chi connectivity index (χ0) is 34.1. The minimum absolute atomic E-state index is 0.156. The maximum absolute atomic E-state index is 15.0. The highest BCUT2D eigenvalue weighted by Crippen LogP contribution is 2.72. The highest BCUT2D eigenvalue weighted by molar-refractivity contribution is 8.02. The van der Waals surface area contributed by atoms with Crippen molar-refractivity contribution in [1.82, 2.24) is 4.90 Å². The lowest BCUT2D eigenvalue weighted by atomic mass is 9.66. The molecule has 10 heteroatoms. The van der Waals surface area contributed by atoms with Gasteiger partial charge >= 0.3 is 0 Å². The second-order valence-electron chi connectivity index (χ2n) is 13.3. The smallest absolute Gasteiger partial charge is 0.251 e. The lowest BCUT2D eigenvalue weighted by Crippen LogP contribution is -2.58. The van der Waals surface area contributed by atoms with E-state index in [0.717, 1.165) is 0 Å². The van der Waals surface area contributed by atoms with Crippen LogP contribution in [0.1, 0.15) is 47.0 Å². The number of para-hydroxylation sites is 1. The van der Waals surface area contributed by atoms with Crippen molar-refractivity contribution < 1.29 is 24.2 Å².